The topological polar surface area (TPSA) is 75.3 Å². The van der Waals surface area contributed by atoms with E-state index in [4.69, 9.17) is 10.8 Å². The van der Waals surface area contributed by atoms with Gasteiger partial charge in [-0.2, -0.15) is 0 Å². The highest BCUT2D eigenvalue weighted by atomic mass is 32.1. The lowest BCUT2D eigenvalue weighted by Gasteiger charge is -2.12. The van der Waals surface area contributed by atoms with Gasteiger partial charge in [-0.15, -0.1) is 11.3 Å². The maximum atomic E-state index is 10.9. The molecule has 0 bridgehead atoms. The summed E-state index contributed by atoms with van der Waals surface area (Å²) in [5, 5.41) is 13.9. The van der Waals surface area contributed by atoms with Crippen molar-refractivity contribution in [3.63, 3.8) is 0 Å². The second-order valence-corrected chi connectivity index (χ2v) is 4.31. The van der Waals surface area contributed by atoms with Gasteiger partial charge in [0.1, 0.15) is 6.04 Å². The van der Waals surface area contributed by atoms with E-state index in [-0.39, 0.29) is 0 Å². The van der Waals surface area contributed by atoms with Crippen molar-refractivity contribution in [2.45, 2.75) is 25.4 Å². The number of thiophene rings is 1. The first-order chi connectivity index (χ1) is 7.24. The van der Waals surface area contributed by atoms with E-state index >= 15 is 0 Å². The van der Waals surface area contributed by atoms with Gasteiger partial charge in [-0.05, 0) is 30.8 Å². The average Bonchev–Trinajstić information content (AvgIpc) is 2.70. The summed E-state index contributed by atoms with van der Waals surface area (Å²) in [6.07, 6.45) is 1.31. The Bertz CT molecular complexity index is 288. The highest BCUT2D eigenvalue weighted by molar-refractivity contribution is 7.09. The number of carbonyl (C=O) groups is 1. The van der Waals surface area contributed by atoms with Crippen LogP contribution < -0.4 is 11.1 Å². The molecule has 0 radical (unpaired) electrons. The Morgan fingerprint density at radius 1 is 1.67 bits per heavy atom. The van der Waals surface area contributed by atoms with Gasteiger partial charge in [-0.3, -0.25) is 10.1 Å². The molecule has 1 rings (SSSR count). The molecule has 1 aromatic heterocycles. The summed E-state index contributed by atoms with van der Waals surface area (Å²) < 4.78 is 0. The van der Waals surface area contributed by atoms with Crippen LogP contribution in [0.2, 0.25) is 0 Å². The number of hydrogen-bond donors (Lipinski definition) is 3. The molecule has 0 aromatic carbocycles. The molecule has 4 nitrogen and oxygen atoms in total. The summed E-state index contributed by atoms with van der Waals surface area (Å²) in [5.41, 5.74) is 5.35. The molecule has 4 N–H and O–H groups in total. The Morgan fingerprint density at radius 2 is 2.47 bits per heavy atom. The van der Waals surface area contributed by atoms with Crippen LogP contribution in [0.25, 0.3) is 0 Å². The van der Waals surface area contributed by atoms with Crippen molar-refractivity contribution < 1.29 is 9.90 Å². The van der Waals surface area contributed by atoms with Crippen LogP contribution >= 0.6 is 11.3 Å². The summed E-state index contributed by atoms with van der Waals surface area (Å²) >= 11 is 1.62. The molecule has 1 atom stereocenters. The normalized spacial score (nSPS) is 12.6. The molecule has 15 heavy (non-hydrogen) atoms. The first-order valence-electron chi connectivity index (χ1n) is 4.92. The lowest BCUT2D eigenvalue weighted by atomic mass is 10.1. The third kappa shape index (κ3) is 4.42. The Labute approximate surface area is 93.1 Å². The summed E-state index contributed by atoms with van der Waals surface area (Å²) in [5.74, 6) is -0.806. The zero-order chi connectivity index (χ0) is 11.1. The van der Waals surface area contributed by atoms with E-state index in [0.29, 0.717) is 19.5 Å². The van der Waals surface area contributed by atoms with E-state index in [1.54, 1.807) is 11.3 Å². The van der Waals surface area contributed by atoms with Gasteiger partial charge in [0.15, 0.2) is 0 Å². The summed E-state index contributed by atoms with van der Waals surface area (Å²) in [7, 11) is 0. The molecule has 1 heterocycles. The van der Waals surface area contributed by atoms with E-state index in [0.717, 1.165) is 11.3 Å². The van der Waals surface area contributed by atoms with Crippen LogP contribution in [-0.4, -0.2) is 23.7 Å². The van der Waals surface area contributed by atoms with Crippen LogP contribution in [-0.2, 0) is 11.3 Å². The molecule has 1 aromatic rings. The highest BCUT2D eigenvalue weighted by Crippen LogP contribution is 2.08. The maximum Gasteiger partial charge on any atom is 0.320 e. The van der Waals surface area contributed by atoms with Gasteiger partial charge >= 0.3 is 5.97 Å². The smallest absolute Gasteiger partial charge is 0.320 e. The number of hydrogen-bond acceptors (Lipinski definition) is 4. The monoisotopic (exact) mass is 228 g/mol. The maximum absolute atomic E-state index is 10.9. The number of carboxylic acids is 1. The van der Waals surface area contributed by atoms with Gasteiger partial charge in [0.2, 0.25) is 0 Å². The minimum absolute atomic E-state index is 0.490. The lowest BCUT2D eigenvalue weighted by molar-refractivity contribution is -0.139. The molecule has 0 saturated carbocycles. The van der Waals surface area contributed by atoms with Crippen molar-refractivity contribution in [3.05, 3.63) is 22.4 Å². The molecule has 0 aliphatic carbocycles. The number of carboxylic acid groups (broad SMARTS) is 1. The minimum Gasteiger partial charge on any atom is -0.480 e. The zero-order valence-corrected chi connectivity index (χ0v) is 9.30. The second-order valence-electron chi connectivity index (χ2n) is 3.28. The predicted molar refractivity (Wildman–Crippen MR) is 60.9 cm³/mol. The van der Waals surface area contributed by atoms with E-state index in [1.807, 2.05) is 17.5 Å². The molecule has 0 saturated heterocycles. The van der Waals surface area contributed by atoms with Crippen molar-refractivity contribution in [3.8, 4) is 0 Å². The van der Waals surface area contributed by atoms with Crippen molar-refractivity contribution >= 4 is 17.3 Å². The van der Waals surface area contributed by atoms with Crippen LogP contribution in [0, 0.1) is 0 Å². The van der Waals surface area contributed by atoms with Crippen LogP contribution in [0.1, 0.15) is 17.7 Å². The highest BCUT2D eigenvalue weighted by Gasteiger charge is 2.15. The second kappa shape index (κ2) is 6.55. The summed E-state index contributed by atoms with van der Waals surface area (Å²) in [4.78, 5) is 12.0. The van der Waals surface area contributed by atoms with Crippen LogP contribution in [0.15, 0.2) is 17.5 Å². The van der Waals surface area contributed by atoms with Gasteiger partial charge in [0.05, 0.1) is 0 Å². The molecular formula is C10H16N2O2S. The first kappa shape index (κ1) is 12.2. The Kier molecular flexibility index (Phi) is 5.31. The summed E-state index contributed by atoms with van der Waals surface area (Å²) in [6.45, 7) is 1.14. The molecule has 0 aliphatic heterocycles. The average molecular weight is 228 g/mol. The van der Waals surface area contributed by atoms with Crippen molar-refractivity contribution in [2.24, 2.45) is 5.73 Å². The predicted octanol–water partition coefficient (Wildman–Crippen LogP) is 1.03. The van der Waals surface area contributed by atoms with Crippen LogP contribution in [0.3, 0.4) is 0 Å². The number of nitrogens with two attached hydrogens (primary N) is 1. The van der Waals surface area contributed by atoms with E-state index in [2.05, 4.69) is 5.32 Å². The zero-order valence-electron chi connectivity index (χ0n) is 8.48. The van der Waals surface area contributed by atoms with E-state index in [1.165, 1.54) is 0 Å². The quantitative estimate of drug-likeness (QED) is 0.651. The Morgan fingerprint density at radius 3 is 3.00 bits per heavy atom. The van der Waals surface area contributed by atoms with E-state index < -0.39 is 12.0 Å². The number of aliphatic carboxylic acids is 1. The van der Waals surface area contributed by atoms with Gasteiger partial charge in [-0.1, -0.05) is 6.07 Å². The molecular weight excluding hydrogens is 212 g/mol. The molecule has 0 unspecified atom stereocenters. The summed E-state index contributed by atoms with van der Waals surface area (Å²) in [6, 6.07) is 3.45. The first-order valence-corrected chi connectivity index (χ1v) is 5.80. The van der Waals surface area contributed by atoms with Crippen molar-refractivity contribution in [2.75, 3.05) is 6.54 Å². The fourth-order valence-corrected chi connectivity index (χ4v) is 1.93. The lowest BCUT2D eigenvalue weighted by Crippen LogP contribution is -2.36. The van der Waals surface area contributed by atoms with Gasteiger partial charge in [0, 0.05) is 11.4 Å². The number of rotatable bonds is 7. The Balaban J connectivity index is 2.34. The minimum atomic E-state index is -0.806. The fraction of sp³-hybridized carbons (Fsp3) is 0.500. The fourth-order valence-electron chi connectivity index (χ4n) is 1.27. The molecule has 84 valence electrons. The molecule has 0 fully saturated rings. The van der Waals surface area contributed by atoms with Gasteiger partial charge in [-0.25, -0.2) is 0 Å². The number of nitrogens with one attached hydrogen (secondary N) is 1. The van der Waals surface area contributed by atoms with Crippen LogP contribution in [0.4, 0.5) is 0 Å². The van der Waals surface area contributed by atoms with Gasteiger partial charge in [0.25, 0.3) is 0 Å². The third-order valence-electron chi connectivity index (χ3n) is 2.10. The SMILES string of the molecule is NCCC[C@H](NCc1cccs1)C(=O)O. The van der Waals surface area contributed by atoms with Crippen molar-refractivity contribution in [1.82, 2.24) is 5.32 Å². The third-order valence-corrected chi connectivity index (χ3v) is 2.97. The molecule has 0 spiro atoms. The molecule has 0 aliphatic rings. The van der Waals surface area contributed by atoms with Gasteiger partial charge < -0.3 is 10.8 Å². The van der Waals surface area contributed by atoms with Crippen molar-refractivity contribution in [1.29, 1.82) is 0 Å². The van der Waals surface area contributed by atoms with E-state index in [9.17, 15) is 4.79 Å². The Hall–Kier alpha value is -0.910. The molecule has 0 amide bonds. The largest absolute Gasteiger partial charge is 0.480 e. The van der Waals surface area contributed by atoms with Crippen LogP contribution in [0.5, 0.6) is 0 Å². The standard InChI is InChI=1S/C10H16N2O2S/c11-5-1-4-9(10(13)14)12-7-8-3-2-6-15-8/h2-3,6,9,12H,1,4-5,7,11H2,(H,13,14)/t9-/m0/s1. The molecule has 5 heteroatoms.